The number of phenolic OH excluding ortho intramolecular Hbond substituents is 1. The molecule has 1 aromatic carbocycles. The second-order valence-corrected chi connectivity index (χ2v) is 4.46. The van der Waals surface area contributed by atoms with Gasteiger partial charge in [-0.2, -0.15) is 5.26 Å². The molecule has 5 heteroatoms. The fourth-order valence-electron chi connectivity index (χ4n) is 2.03. The van der Waals surface area contributed by atoms with E-state index in [-0.39, 0.29) is 5.75 Å². The van der Waals surface area contributed by atoms with E-state index in [1.807, 2.05) is 4.90 Å². The van der Waals surface area contributed by atoms with Gasteiger partial charge in [0.1, 0.15) is 11.8 Å². The molecule has 1 heterocycles. The third-order valence-electron chi connectivity index (χ3n) is 2.92. The van der Waals surface area contributed by atoms with E-state index in [1.165, 1.54) is 6.07 Å². The maximum atomic E-state index is 9.82. The van der Waals surface area contributed by atoms with E-state index in [4.69, 9.17) is 11.6 Å². The van der Waals surface area contributed by atoms with Crippen LogP contribution in [0.25, 0.3) is 0 Å². The number of aromatic hydroxyl groups is 1. The summed E-state index contributed by atoms with van der Waals surface area (Å²) in [4.78, 5) is 2.04. The van der Waals surface area contributed by atoms with Gasteiger partial charge < -0.3 is 10.4 Å². The summed E-state index contributed by atoms with van der Waals surface area (Å²) in [6.07, 6.45) is 0. The molecular formula is C12H14ClN3O. The van der Waals surface area contributed by atoms with Crippen LogP contribution in [-0.4, -0.2) is 36.2 Å². The van der Waals surface area contributed by atoms with Gasteiger partial charge in [0, 0.05) is 36.8 Å². The molecule has 0 aliphatic carbocycles. The SMILES string of the molecule is N#CC(c1cc(Cl)ccc1O)N1CCNCC1. The molecule has 1 aliphatic rings. The van der Waals surface area contributed by atoms with E-state index < -0.39 is 6.04 Å². The molecule has 17 heavy (non-hydrogen) atoms. The van der Waals surface area contributed by atoms with Gasteiger partial charge in [-0.1, -0.05) is 11.6 Å². The van der Waals surface area contributed by atoms with E-state index in [0.29, 0.717) is 10.6 Å². The van der Waals surface area contributed by atoms with Crippen LogP contribution in [0.3, 0.4) is 0 Å². The third kappa shape index (κ3) is 2.70. The summed E-state index contributed by atoms with van der Waals surface area (Å²) >= 11 is 5.91. The molecule has 1 unspecified atom stereocenters. The van der Waals surface area contributed by atoms with Crippen LogP contribution >= 0.6 is 11.6 Å². The minimum atomic E-state index is -0.434. The van der Waals surface area contributed by atoms with E-state index in [1.54, 1.807) is 12.1 Å². The molecule has 0 bridgehead atoms. The summed E-state index contributed by atoms with van der Waals surface area (Å²) in [6, 6.07) is 6.61. The molecule has 2 N–H and O–H groups in total. The van der Waals surface area contributed by atoms with Crippen LogP contribution in [-0.2, 0) is 0 Å². The van der Waals surface area contributed by atoms with Crippen molar-refractivity contribution in [3.63, 3.8) is 0 Å². The quantitative estimate of drug-likeness (QED) is 0.837. The molecule has 1 aromatic rings. The zero-order valence-corrected chi connectivity index (χ0v) is 10.1. The maximum Gasteiger partial charge on any atom is 0.127 e. The number of hydrogen-bond donors (Lipinski definition) is 2. The summed E-state index contributed by atoms with van der Waals surface area (Å²) < 4.78 is 0. The normalized spacial score (nSPS) is 18.6. The van der Waals surface area contributed by atoms with Crippen molar-refractivity contribution in [3.05, 3.63) is 28.8 Å². The average molecular weight is 252 g/mol. The Morgan fingerprint density at radius 1 is 1.41 bits per heavy atom. The molecule has 2 rings (SSSR count). The van der Waals surface area contributed by atoms with E-state index in [2.05, 4.69) is 11.4 Å². The Morgan fingerprint density at radius 2 is 2.12 bits per heavy atom. The van der Waals surface area contributed by atoms with Crippen molar-refractivity contribution in [3.8, 4) is 11.8 Å². The summed E-state index contributed by atoms with van der Waals surface area (Å²) in [6.45, 7) is 3.31. The number of nitrogens with one attached hydrogen (secondary N) is 1. The third-order valence-corrected chi connectivity index (χ3v) is 3.16. The second kappa shape index (κ2) is 5.37. The number of hydrogen-bond acceptors (Lipinski definition) is 4. The Morgan fingerprint density at radius 3 is 2.76 bits per heavy atom. The van der Waals surface area contributed by atoms with Crippen LogP contribution in [0.5, 0.6) is 5.75 Å². The predicted octanol–water partition coefficient (Wildman–Crippen LogP) is 1.52. The fourth-order valence-corrected chi connectivity index (χ4v) is 2.21. The standard InChI is InChI=1S/C12H14ClN3O/c13-9-1-2-12(17)10(7-9)11(8-14)16-5-3-15-4-6-16/h1-2,7,11,15,17H,3-6H2. The smallest absolute Gasteiger partial charge is 0.127 e. The highest BCUT2D eigenvalue weighted by atomic mass is 35.5. The lowest BCUT2D eigenvalue weighted by Crippen LogP contribution is -2.44. The highest BCUT2D eigenvalue weighted by Gasteiger charge is 2.24. The van der Waals surface area contributed by atoms with Crippen LogP contribution in [0.4, 0.5) is 0 Å². The van der Waals surface area contributed by atoms with Crippen molar-refractivity contribution in [2.45, 2.75) is 6.04 Å². The predicted molar refractivity (Wildman–Crippen MR) is 65.9 cm³/mol. The van der Waals surface area contributed by atoms with Gasteiger partial charge in [-0.05, 0) is 18.2 Å². The van der Waals surface area contributed by atoms with Crippen LogP contribution in [0.1, 0.15) is 11.6 Å². The van der Waals surface area contributed by atoms with Crippen LogP contribution in [0.2, 0.25) is 5.02 Å². The zero-order chi connectivity index (χ0) is 12.3. The highest BCUT2D eigenvalue weighted by molar-refractivity contribution is 6.30. The lowest BCUT2D eigenvalue weighted by atomic mass is 10.0. The Bertz CT molecular complexity index is 438. The first-order chi connectivity index (χ1) is 8.22. The number of phenols is 1. The molecule has 1 fully saturated rings. The fraction of sp³-hybridized carbons (Fsp3) is 0.417. The van der Waals surface area contributed by atoms with Gasteiger partial charge in [-0.25, -0.2) is 0 Å². The van der Waals surface area contributed by atoms with Crippen molar-refractivity contribution in [1.82, 2.24) is 10.2 Å². The van der Waals surface area contributed by atoms with Crippen molar-refractivity contribution in [2.24, 2.45) is 0 Å². The lowest BCUT2D eigenvalue weighted by molar-refractivity contribution is 0.205. The molecule has 4 nitrogen and oxygen atoms in total. The highest BCUT2D eigenvalue weighted by Crippen LogP contribution is 2.30. The minimum Gasteiger partial charge on any atom is -0.508 e. The Kier molecular flexibility index (Phi) is 3.85. The van der Waals surface area contributed by atoms with E-state index in [0.717, 1.165) is 26.2 Å². The number of nitrogens with zero attached hydrogens (tertiary/aromatic N) is 2. The van der Waals surface area contributed by atoms with Gasteiger partial charge in [0.2, 0.25) is 0 Å². The van der Waals surface area contributed by atoms with Crippen LogP contribution in [0, 0.1) is 11.3 Å². The number of piperazine rings is 1. The van der Waals surface area contributed by atoms with Gasteiger partial charge in [-0.3, -0.25) is 4.90 Å². The van der Waals surface area contributed by atoms with Gasteiger partial charge in [0.05, 0.1) is 6.07 Å². The van der Waals surface area contributed by atoms with Crippen molar-refractivity contribution in [2.75, 3.05) is 26.2 Å². The first kappa shape index (κ1) is 12.2. The maximum absolute atomic E-state index is 9.82. The molecule has 90 valence electrons. The summed E-state index contributed by atoms with van der Waals surface area (Å²) in [7, 11) is 0. The first-order valence-corrected chi connectivity index (χ1v) is 5.93. The van der Waals surface area contributed by atoms with Gasteiger partial charge in [-0.15, -0.1) is 0 Å². The summed E-state index contributed by atoms with van der Waals surface area (Å²) in [5.41, 5.74) is 0.585. The van der Waals surface area contributed by atoms with Gasteiger partial charge in [0.15, 0.2) is 0 Å². The van der Waals surface area contributed by atoms with Crippen molar-refractivity contribution >= 4 is 11.6 Å². The lowest BCUT2D eigenvalue weighted by Gasteiger charge is -2.31. The molecule has 1 aliphatic heterocycles. The molecule has 1 atom stereocenters. The van der Waals surface area contributed by atoms with Gasteiger partial charge in [0.25, 0.3) is 0 Å². The molecule has 0 amide bonds. The Labute approximate surface area is 105 Å². The second-order valence-electron chi connectivity index (χ2n) is 4.02. The van der Waals surface area contributed by atoms with Crippen LogP contribution in [0.15, 0.2) is 18.2 Å². The van der Waals surface area contributed by atoms with E-state index >= 15 is 0 Å². The first-order valence-electron chi connectivity index (χ1n) is 5.55. The number of nitriles is 1. The summed E-state index contributed by atoms with van der Waals surface area (Å²) in [5.74, 6) is 0.125. The van der Waals surface area contributed by atoms with Gasteiger partial charge >= 0.3 is 0 Å². The van der Waals surface area contributed by atoms with Crippen LogP contribution < -0.4 is 5.32 Å². The Hall–Kier alpha value is -1.28. The molecule has 1 saturated heterocycles. The topological polar surface area (TPSA) is 59.3 Å². The Balaban J connectivity index is 2.28. The number of benzene rings is 1. The van der Waals surface area contributed by atoms with E-state index in [9.17, 15) is 10.4 Å². The molecular weight excluding hydrogens is 238 g/mol. The minimum absolute atomic E-state index is 0.125. The number of rotatable bonds is 2. The summed E-state index contributed by atoms with van der Waals surface area (Å²) in [5, 5.41) is 22.9. The molecule has 0 aromatic heterocycles. The number of halogens is 1. The van der Waals surface area contributed by atoms with Crippen molar-refractivity contribution in [1.29, 1.82) is 5.26 Å². The average Bonchev–Trinajstić information content (AvgIpc) is 2.36. The largest absolute Gasteiger partial charge is 0.508 e. The zero-order valence-electron chi connectivity index (χ0n) is 9.36. The molecule has 0 radical (unpaired) electrons. The molecule has 0 saturated carbocycles. The monoisotopic (exact) mass is 251 g/mol. The molecule has 0 spiro atoms. The van der Waals surface area contributed by atoms with Crippen molar-refractivity contribution < 1.29 is 5.11 Å².